The molecule has 3 rings (SSSR count). The molecule has 0 bridgehead atoms. The molecule has 6 nitrogen and oxygen atoms in total. The Hall–Kier alpha value is -1.26. The van der Waals surface area contributed by atoms with Gasteiger partial charge >= 0.3 is 0 Å². The molecule has 2 heterocycles. The van der Waals surface area contributed by atoms with E-state index in [9.17, 15) is 0 Å². The highest BCUT2D eigenvalue weighted by Gasteiger charge is 2.52. The van der Waals surface area contributed by atoms with Crippen molar-refractivity contribution in [2.75, 3.05) is 12.1 Å². The maximum absolute atomic E-state index is 5.84. The van der Waals surface area contributed by atoms with Crippen LogP contribution in [0.4, 0.5) is 5.95 Å². The fraction of sp³-hybridized carbons (Fsp3) is 0.545. The van der Waals surface area contributed by atoms with E-state index in [4.69, 9.17) is 10.5 Å². The molecule has 2 N–H and O–H groups in total. The topological polar surface area (TPSA) is 78.9 Å². The first-order valence-electron chi connectivity index (χ1n) is 5.92. The highest BCUT2D eigenvalue weighted by Crippen LogP contribution is 2.48. The van der Waals surface area contributed by atoms with E-state index in [1.807, 2.05) is 4.57 Å². The predicted octanol–water partition coefficient (Wildman–Crippen LogP) is 1.04. The van der Waals surface area contributed by atoms with Crippen LogP contribution in [0.2, 0.25) is 0 Å². The normalized spacial score (nSPS) is 26.7. The lowest BCUT2D eigenvalue weighted by Gasteiger charge is -2.17. The molecule has 18 heavy (non-hydrogen) atoms. The van der Waals surface area contributed by atoms with Crippen LogP contribution in [0.15, 0.2) is 12.5 Å². The lowest BCUT2D eigenvalue weighted by molar-refractivity contribution is 0.0422. The number of nitrogens with two attached hydrogens (primary N) is 1. The van der Waals surface area contributed by atoms with Gasteiger partial charge in [0.05, 0.1) is 31.0 Å². The van der Waals surface area contributed by atoms with Crippen LogP contribution < -0.4 is 5.73 Å². The Balaban J connectivity index is 1.93. The molecule has 96 valence electrons. The standard InChI is InChI=1S/C11H16N5OP/c1-7-2-11(7,17-6-18)4-16-5-14-8-3-13-10(12)15-9(8)16/h3,5,7H,2,4,6,18H2,1H3,(H2,12,13,15). The van der Waals surface area contributed by atoms with Crippen molar-refractivity contribution in [3.8, 4) is 0 Å². The summed E-state index contributed by atoms with van der Waals surface area (Å²) in [5, 5.41) is 0. The third-order valence-electron chi connectivity index (χ3n) is 3.58. The number of nitrogen functional groups attached to an aromatic ring is 1. The van der Waals surface area contributed by atoms with Crippen molar-refractivity contribution in [2.24, 2.45) is 5.92 Å². The van der Waals surface area contributed by atoms with Crippen LogP contribution in [0.1, 0.15) is 13.3 Å². The van der Waals surface area contributed by atoms with Gasteiger partial charge in [-0.2, -0.15) is 4.98 Å². The Morgan fingerprint density at radius 2 is 2.39 bits per heavy atom. The number of anilines is 1. The average Bonchev–Trinajstić information content (AvgIpc) is 2.79. The van der Waals surface area contributed by atoms with Gasteiger partial charge in [-0.3, -0.25) is 0 Å². The largest absolute Gasteiger partial charge is 0.369 e. The molecule has 1 saturated carbocycles. The van der Waals surface area contributed by atoms with Gasteiger partial charge in [-0.15, -0.1) is 9.24 Å². The van der Waals surface area contributed by atoms with Gasteiger partial charge in [0.2, 0.25) is 5.95 Å². The summed E-state index contributed by atoms with van der Waals surface area (Å²) in [5.41, 5.74) is 7.08. The molecular formula is C11H16N5OP. The fourth-order valence-electron chi connectivity index (χ4n) is 2.37. The minimum atomic E-state index is -0.0743. The van der Waals surface area contributed by atoms with Gasteiger partial charge in [0.1, 0.15) is 5.52 Å². The molecule has 3 atom stereocenters. The summed E-state index contributed by atoms with van der Waals surface area (Å²) >= 11 is 0. The van der Waals surface area contributed by atoms with Crippen LogP contribution in [-0.2, 0) is 11.3 Å². The van der Waals surface area contributed by atoms with Crippen molar-refractivity contribution in [3.05, 3.63) is 12.5 Å². The number of hydrogen-bond donors (Lipinski definition) is 1. The van der Waals surface area contributed by atoms with Gasteiger partial charge in [-0.05, 0) is 12.3 Å². The van der Waals surface area contributed by atoms with Gasteiger partial charge in [-0.1, -0.05) is 6.92 Å². The summed E-state index contributed by atoms with van der Waals surface area (Å²) in [7, 11) is 2.60. The number of nitrogens with zero attached hydrogens (tertiary/aromatic N) is 4. The van der Waals surface area contributed by atoms with Gasteiger partial charge in [0.15, 0.2) is 5.65 Å². The first-order valence-corrected chi connectivity index (χ1v) is 6.74. The number of imidazole rings is 1. The average molecular weight is 265 g/mol. The molecule has 0 amide bonds. The molecule has 0 spiro atoms. The number of ether oxygens (including phenoxy) is 1. The SMILES string of the molecule is CC1CC1(Cn1cnc2cnc(N)nc21)OCP. The van der Waals surface area contributed by atoms with Crippen molar-refractivity contribution in [1.29, 1.82) is 0 Å². The van der Waals surface area contributed by atoms with Gasteiger partial charge < -0.3 is 15.0 Å². The van der Waals surface area contributed by atoms with Crippen molar-refractivity contribution in [2.45, 2.75) is 25.5 Å². The summed E-state index contributed by atoms with van der Waals surface area (Å²) in [6.45, 7) is 2.96. The Morgan fingerprint density at radius 3 is 3.06 bits per heavy atom. The zero-order chi connectivity index (χ0) is 12.8. The van der Waals surface area contributed by atoms with Crippen molar-refractivity contribution >= 4 is 26.4 Å². The zero-order valence-corrected chi connectivity index (χ0v) is 11.4. The molecular weight excluding hydrogens is 249 g/mol. The minimum Gasteiger partial charge on any atom is -0.369 e. The van der Waals surface area contributed by atoms with E-state index in [-0.39, 0.29) is 11.5 Å². The number of rotatable bonds is 4. The van der Waals surface area contributed by atoms with Crippen molar-refractivity contribution < 1.29 is 4.74 Å². The third kappa shape index (κ3) is 1.85. The molecule has 1 aliphatic carbocycles. The van der Waals surface area contributed by atoms with Crippen molar-refractivity contribution in [3.63, 3.8) is 0 Å². The van der Waals surface area contributed by atoms with Crippen LogP contribution in [0, 0.1) is 5.92 Å². The lowest BCUT2D eigenvalue weighted by Crippen LogP contribution is -2.23. The molecule has 0 aliphatic heterocycles. The first-order chi connectivity index (χ1) is 8.64. The van der Waals surface area contributed by atoms with E-state index in [0.29, 0.717) is 12.3 Å². The maximum atomic E-state index is 5.84. The lowest BCUT2D eigenvalue weighted by atomic mass is 10.2. The summed E-state index contributed by atoms with van der Waals surface area (Å²) in [6.07, 6.45) is 5.14. The molecule has 1 fully saturated rings. The van der Waals surface area contributed by atoms with Crippen molar-refractivity contribution in [1.82, 2.24) is 19.5 Å². The molecule has 2 aromatic rings. The third-order valence-corrected chi connectivity index (χ3v) is 3.74. The van der Waals surface area contributed by atoms with Gasteiger partial charge in [0.25, 0.3) is 0 Å². The first kappa shape index (κ1) is 11.8. The molecule has 7 heteroatoms. The smallest absolute Gasteiger partial charge is 0.222 e. The molecule has 1 aliphatic rings. The van der Waals surface area contributed by atoms with Crippen LogP contribution in [0.5, 0.6) is 0 Å². The summed E-state index contributed by atoms with van der Waals surface area (Å²) in [5.74, 6) is 0.837. The summed E-state index contributed by atoms with van der Waals surface area (Å²) in [6, 6.07) is 0. The second kappa shape index (κ2) is 4.14. The predicted molar refractivity (Wildman–Crippen MR) is 71.9 cm³/mol. The zero-order valence-electron chi connectivity index (χ0n) is 10.2. The monoisotopic (exact) mass is 265 g/mol. The summed E-state index contributed by atoms with van der Waals surface area (Å²) in [4.78, 5) is 12.5. The Bertz CT molecular complexity index is 586. The van der Waals surface area contributed by atoms with E-state index in [0.717, 1.165) is 24.1 Å². The fourth-order valence-corrected chi connectivity index (χ4v) is 2.70. The minimum absolute atomic E-state index is 0.0743. The quantitative estimate of drug-likeness (QED) is 0.835. The highest BCUT2D eigenvalue weighted by molar-refractivity contribution is 7.16. The van der Waals surface area contributed by atoms with Crippen LogP contribution >= 0.6 is 9.24 Å². The van der Waals surface area contributed by atoms with Gasteiger partial charge in [0, 0.05) is 0 Å². The van der Waals surface area contributed by atoms with Crippen LogP contribution in [-0.4, -0.2) is 31.5 Å². The summed E-state index contributed by atoms with van der Waals surface area (Å²) < 4.78 is 7.84. The van der Waals surface area contributed by atoms with E-state index < -0.39 is 0 Å². The highest BCUT2D eigenvalue weighted by atomic mass is 31.0. The molecule has 0 saturated heterocycles. The van der Waals surface area contributed by atoms with E-state index >= 15 is 0 Å². The van der Waals surface area contributed by atoms with Crippen LogP contribution in [0.25, 0.3) is 11.2 Å². The number of hydrogen-bond acceptors (Lipinski definition) is 5. The Kier molecular flexibility index (Phi) is 2.72. The van der Waals surface area contributed by atoms with E-state index in [1.54, 1.807) is 12.5 Å². The molecule has 3 unspecified atom stereocenters. The second-order valence-corrected chi connectivity index (χ2v) is 5.12. The van der Waals surface area contributed by atoms with Gasteiger partial charge in [-0.25, -0.2) is 9.97 Å². The molecule has 0 aromatic carbocycles. The molecule has 0 radical (unpaired) electrons. The Morgan fingerprint density at radius 1 is 1.61 bits per heavy atom. The second-order valence-electron chi connectivity index (χ2n) is 4.79. The van der Waals surface area contributed by atoms with Crippen LogP contribution in [0.3, 0.4) is 0 Å². The number of aromatic nitrogens is 4. The maximum Gasteiger partial charge on any atom is 0.222 e. The Labute approximate surface area is 107 Å². The van der Waals surface area contributed by atoms with E-state index in [1.165, 1.54) is 0 Å². The number of fused-ring (bicyclic) bond motifs is 1. The van der Waals surface area contributed by atoms with E-state index in [2.05, 4.69) is 31.1 Å². The molecule has 2 aromatic heterocycles.